The van der Waals surface area contributed by atoms with Crippen LogP contribution in [0, 0.1) is 0 Å². The zero-order valence-corrected chi connectivity index (χ0v) is 8.19. The number of hydrogen-bond acceptors (Lipinski definition) is 4. The number of carbonyl (C=O) groups is 3. The lowest BCUT2D eigenvalue weighted by molar-refractivity contribution is -0.141. The molecule has 0 spiro atoms. The van der Waals surface area contributed by atoms with E-state index in [0.717, 1.165) is 4.90 Å². The molecule has 0 saturated carbocycles. The standard InChI is InChI=1S/C8H11N3O4/c1-11(4-7(13)14)8(15)5-2-3-6(12)10-9-5/h2-4H2,1H3,(H,10,12)(H,13,14). The molecule has 0 aromatic carbocycles. The first-order valence-corrected chi connectivity index (χ1v) is 4.33. The number of nitrogens with zero attached hydrogens (tertiary/aromatic N) is 2. The molecule has 0 bridgehead atoms. The molecule has 0 atom stereocenters. The molecule has 1 aliphatic rings. The minimum atomic E-state index is -1.09. The summed E-state index contributed by atoms with van der Waals surface area (Å²) >= 11 is 0. The maximum Gasteiger partial charge on any atom is 0.323 e. The second-order valence-corrected chi connectivity index (χ2v) is 3.15. The van der Waals surface area contributed by atoms with Crippen molar-refractivity contribution in [2.24, 2.45) is 5.10 Å². The minimum absolute atomic E-state index is 0.179. The quantitative estimate of drug-likeness (QED) is 0.614. The van der Waals surface area contributed by atoms with Gasteiger partial charge in [-0.1, -0.05) is 0 Å². The van der Waals surface area contributed by atoms with E-state index in [2.05, 4.69) is 10.5 Å². The van der Waals surface area contributed by atoms with Crippen LogP contribution in [0.2, 0.25) is 0 Å². The van der Waals surface area contributed by atoms with Crippen LogP contribution >= 0.6 is 0 Å². The second kappa shape index (κ2) is 4.54. The SMILES string of the molecule is CN(CC(=O)O)C(=O)C1=NNC(=O)CC1. The molecular weight excluding hydrogens is 202 g/mol. The number of nitrogens with one attached hydrogen (secondary N) is 1. The van der Waals surface area contributed by atoms with Crippen molar-refractivity contribution in [2.75, 3.05) is 13.6 Å². The first kappa shape index (κ1) is 11.2. The Balaban J connectivity index is 2.60. The highest BCUT2D eigenvalue weighted by atomic mass is 16.4. The van der Waals surface area contributed by atoms with Crippen LogP contribution in [0.15, 0.2) is 5.10 Å². The monoisotopic (exact) mass is 213 g/mol. The van der Waals surface area contributed by atoms with Crippen molar-refractivity contribution in [3.8, 4) is 0 Å². The van der Waals surface area contributed by atoms with E-state index in [4.69, 9.17) is 5.11 Å². The van der Waals surface area contributed by atoms with Gasteiger partial charge in [-0.05, 0) is 0 Å². The molecular formula is C8H11N3O4. The molecule has 1 rings (SSSR count). The van der Waals surface area contributed by atoms with Crippen LogP contribution in [0.3, 0.4) is 0 Å². The number of amides is 2. The third-order valence-corrected chi connectivity index (χ3v) is 1.87. The van der Waals surface area contributed by atoms with E-state index in [1.807, 2.05) is 0 Å². The van der Waals surface area contributed by atoms with Crippen molar-refractivity contribution in [1.29, 1.82) is 0 Å². The fraction of sp³-hybridized carbons (Fsp3) is 0.500. The number of hydrogen-bond donors (Lipinski definition) is 2. The number of likely N-dealkylation sites (N-methyl/N-ethyl adjacent to an activating group) is 1. The Morgan fingerprint density at radius 2 is 2.20 bits per heavy atom. The van der Waals surface area contributed by atoms with Gasteiger partial charge in [0.05, 0.1) is 0 Å². The van der Waals surface area contributed by atoms with E-state index in [-0.39, 0.29) is 31.0 Å². The van der Waals surface area contributed by atoms with Crippen LogP contribution in [-0.2, 0) is 14.4 Å². The Bertz CT molecular complexity index is 337. The predicted molar refractivity (Wildman–Crippen MR) is 50.1 cm³/mol. The van der Waals surface area contributed by atoms with E-state index < -0.39 is 11.9 Å². The van der Waals surface area contributed by atoms with Crippen LogP contribution < -0.4 is 5.43 Å². The van der Waals surface area contributed by atoms with Gasteiger partial charge >= 0.3 is 5.97 Å². The van der Waals surface area contributed by atoms with Crippen molar-refractivity contribution < 1.29 is 19.5 Å². The lowest BCUT2D eigenvalue weighted by Gasteiger charge is -2.17. The first-order chi connectivity index (χ1) is 7.00. The van der Waals surface area contributed by atoms with E-state index >= 15 is 0 Å². The number of carboxylic acid groups (broad SMARTS) is 1. The van der Waals surface area contributed by atoms with Gasteiger partial charge in [-0.2, -0.15) is 5.10 Å². The van der Waals surface area contributed by atoms with Gasteiger partial charge in [-0.15, -0.1) is 0 Å². The van der Waals surface area contributed by atoms with E-state index in [1.165, 1.54) is 7.05 Å². The van der Waals surface area contributed by atoms with Crippen LogP contribution in [0.1, 0.15) is 12.8 Å². The molecule has 0 aromatic heterocycles. The largest absolute Gasteiger partial charge is 0.480 e. The molecule has 1 heterocycles. The summed E-state index contributed by atoms with van der Waals surface area (Å²) in [5.41, 5.74) is 2.35. The zero-order valence-electron chi connectivity index (χ0n) is 8.19. The van der Waals surface area contributed by atoms with Gasteiger partial charge in [0.25, 0.3) is 5.91 Å². The smallest absolute Gasteiger partial charge is 0.323 e. The molecule has 0 fully saturated rings. The summed E-state index contributed by atoms with van der Waals surface area (Å²) in [4.78, 5) is 33.6. The lowest BCUT2D eigenvalue weighted by atomic mass is 10.1. The van der Waals surface area contributed by atoms with Gasteiger partial charge in [0.2, 0.25) is 5.91 Å². The second-order valence-electron chi connectivity index (χ2n) is 3.15. The summed E-state index contributed by atoms with van der Waals surface area (Å²) in [6.07, 6.45) is 0.445. The van der Waals surface area contributed by atoms with Crippen molar-refractivity contribution in [3.63, 3.8) is 0 Å². The van der Waals surface area contributed by atoms with Gasteiger partial charge in [-0.3, -0.25) is 14.4 Å². The lowest BCUT2D eigenvalue weighted by Crippen LogP contribution is -2.40. The number of carboxylic acids is 1. The molecule has 0 saturated heterocycles. The number of carbonyl (C=O) groups excluding carboxylic acids is 2. The minimum Gasteiger partial charge on any atom is -0.480 e. The average molecular weight is 213 g/mol. The Morgan fingerprint density at radius 3 is 2.67 bits per heavy atom. The number of aliphatic carboxylic acids is 1. The maximum absolute atomic E-state index is 11.5. The molecule has 7 nitrogen and oxygen atoms in total. The van der Waals surface area contributed by atoms with Crippen LogP contribution in [-0.4, -0.2) is 47.1 Å². The molecule has 1 aliphatic heterocycles. The molecule has 7 heteroatoms. The first-order valence-electron chi connectivity index (χ1n) is 4.33. The Morgan fingerprint density at radius 1 is 1.53 bits per heavy atom. The Hall–Kier alpha value is -1.92. The Kier molecular flexibility index (Phi) is 3.37. The van der Waals surface area contributed by atoms with E-state index in [9.17, 15) is 14.4 Å². The fourth-order valence-electron chi connectivity index (χ4n) is 1.12. The van der Waals surface area contributed by atoms with Gasteiger partial charge < -0.3 is 10.0 Å². The Labute approximate surface area is 85.7 Å². The van der Waals surface area contributed by atoms with Gasteiger partial charge in [0.1, 0.15) is 12.3 Å². The molecule has 82 valence electrons. The van der Waals surface area contributed by atoms with E-state index in [1.54, 1.807) is 0 Å². The number of rotatable bonds is 3. The molecule has 0 radical (unpaired) electrons. The van der Waals surface area contributed by atoms with Gasteiger partial charge in [-0.25, -0.2) is 5.43 Å². The van der Waals surface area contributed by atoms with E-state index in [0.29, 0.717) is 0 Å². The summed E-state index contributed by atoms with van der Waals surface area (Å²) < 4.78 is 0. The molecule has 2 N–H and O–H groups in total. The van der Waals surface area contributed by atoms with Crippen LogP contribution in [0.5, 0.6) is 0 Å². The molecule has 0 aromatic rings. The summed E-state index contributed by atoms with van der Waals surface area (Å²) in [5, 5.41) is 12.0. The average Bonchev–Trinajstić information content (AvgIpc) is 2.17. The topological polar surface area (TPSA) is 99.1 Å². The third kappa shape index (κ3) is 3.04. The molecule has 2 amide bonds. The zero-order chi connectivity index (χ0) is 11.4. The van der Waals surface area contributed by atoms with Crippen molar-refractivity contribution >= 4 is 23.5 Å². The van der Waals surface area contributed by atoms with Gasteiger partial charge in [0.15, 0.2) is 0 Å². The van der Waals surface area contributed by atoms with Crippen LogP contribution in [0.4, 0.5) is 0 Å². The van der Waals surface area contributed by atoms with Crippen molar-refractivity contribution in [3.05, 3.63) is 0 Å². The molecule has 0 aliphatic carbocycles. The fourth-order valence-corrected chi connectivity index (χ4v) is 1.12. The van der Waals surface area contributed by atoms with Crippen LogP contribution in [0.25, 0.3) is 0 Å². The third-order valence-electron chi connectivity index (χ3n) is 1.87. The molecule has 0 unspecified atom stereocenters. The van der Waals surface area contributed by atoms with Crippen molar-refractivity contribution in [1.82, 2.24) is 10.3 Å². The highest BCUT2D eigenvalue weighted by molar-refractivity contribution is 6.39. The summed E-state index contributed by atoms with van der Waals surface area (Å²) in [7, 11) is 1.37. The van der Waals surface area contributed by atoms with Gasteiger partial charge in [0, 0.05) is 19.9 Å². The van der Waals surface area contributed by atoms with Crippen molar-refractivity contribution in [2.45, 2.75) is 12.8 Å². The highest BCUT2D eigenvalue weighted by Crippen LogP contribution is 2.02. The predicted octanol–water partition coefficient (Wildman–Crippen LogP) is -1.20. The maximum atomic E-state index is 11.5. The summed E-state index contributed by atoms with van der Waals surface area (Å²) in [6.45, 7) is -0.383. The molecule has 15 heavy (non-hydrogen) atoms. The normalized spacial score (nSPS) is 15.3. The summed E-state index contributed by atoms with van der Waals surface area (Å²) in [5.74, 6) is -1.81. The highest BCUT2D eigenvalue weighted by Gasteiger charge is 2.22. The number of hydrazone groups is 1. The summed E-state index contributed by atoms with van der Waals surface area (Å²) in [6, 6.07) is 0.